The number of hydrogen-bond acceptors (Lipinski definition) is 4. The molecule has 0 aliphatic carbocycles. The van der Waals surface area contributed by atoms with Crippen molar-refractivity contribution < 1.29 is 27.8 Å². The van der Waals surface area contributed by atoms with E-state index in [0.29, 0.717) is 32.8 Å². The van der Waals surface area contributed by atoms with Gasteiger partial charge in [0.1, 0.15) is 5.75 Å². The second-order valence-electron chi connectivity index (χ2n) is 5.35. The number of carbonyl (C=O) groups excluding carboxylic acids is 2. The Bertz CT molecular complexity index is 604. The Labute approximate surface area is 138 Å². The minimum atomic E-state index is -1.03. The van der Waals surface area contributed by atoms with Crippen LogP contribution in [0.1, 0.15) is 13.8 Å². The molecule has 1 atom stereocenters. The molecule has 8 heteroatoms. The van der Waals surface area contributed by atoms with Gasteiger partial charge in [-0.25, -0.2) is 13.6 Å². The summed E-state index contributed by atoms with van der Waals surface area (Å²) in [6.45, 7) is 5.06. The topological polar surface area (TPSA) is 59.1 Å². The van der Waals surface area contributed by atoms with Crippen molar-refractivity contribution in [3.63, 3.8) is 0 Å². The minimum Gasteiger partial charge on any atom is -0.481 e. The third-order valence-electron chi connectivity index (χ3n) is 3.67. The monoisotopic (exact) mass is 342 g/mol. The summed E-state index contributed by atoms with van der Waals surface area (Å²) in [5, 5.41) is 0. The zero-order valence-electron chi connectivity index (χ0n) is 13.6. The molecular weight excluding hydrogens is 322 g/mol. The highest BCUT2D eigenvalue weighted by molar-refractivity contribution is 5.81. The first-order chi connectivity index (χ1) is 11.4. The first kappa shape index (κ1) is 18.0. The number of benzene rings is 1. The van der Waals surface area contributed by atoms with Crippen LogP contribution in [0.5, 0.6) is 5.75 Å². The summed E-state index contributed by atoms with van der Waals surface area (Å²) in [5.74, 6) is -2.20. The lowest BCUT2D eigenvalue weighted by atomic mass is 10.2. The van der Waals surface area contributed by atoms with Gasteiger partial charge in [-0.2, -0.15) is 0 Å². The van der Waals surface area contributed by atoms with Crippen molar-refractivity contribution in [1.29, 1.82) is 0 Å². The minimum absolute atomic E-state index is 0.0832. The number of piperazine rings is 1. The number of carbonyl (C=O) groups is 2. The second kappa shape index (κ2) is 7.94. The Kier molecular flexibility index (Phi) is 5.94. The highest BCUT2D eigenvalue weighted by Gasteiger charge is 2.28. The standard InChI is InChI=1S/C16H20F2N2O4/c1-3-23-16(22)20-8-6-19(7-9-20)15(21)11(2)24-12-4-5-13(17)14(18)10-12/h4-5,10-11H,3,6-9H2,1-2H3. The van der Waals surface area contributed by atoms with Gasteiger partial charge in [0.2, 0.25) is 0 Å². The molecule has 1 aliphatic rings. The molecule has 0 radical (unpaired) electrons. The highest BCUT2D eigenvalue weighted by atomic mass is 19.2. The van der Waals surface area contributed by atoms with Crippen LogP contribution in [-0.2, 0) is 9.53 Å². The van der Waals surface area contributed by atoms with Gasteiger partial charge in [0.05, 0.1) is 6.61 Å². The molecule has 1 aliphatic heterocycles. The highest BCUT2D eigenvalue weighted by Crippen LogP contribution is 2.17. The van der Waals surface area contributed by atoms with Crippen LogP contribution in [0.3, 0.4) is 0 Å². The predicted molar refractivity (Wildman–Crippen MR) is 81.6 cm³/mol. The molecule has 1 aromatic carbocycles. The van der Waals surface area contributed by atoms with Crippen LogP contribution in [0.15, 0.2) is 18.2 Å². The molecule has 1 aromatic rings. The smallest absolute Gasteiger partial charge is 0.409 e. The third kappa shape index (κ3) is 4.33. The quantitative estimate of drug-likeness (QED) is 0.840. The fourth-order valence-corrected chi connectivity index (χ4v) is 2.39. The Balaban J connectivity index is 1.87. The van der Waals surface area contributed by atoms with Crippen LogP contribution in [0, 0.1) is 11.6 Å². The van der Waals surface area contributed by atoms with Crippen LogP contribution < -0.4 is 4.74 Å². The van der Waals surface area contributed by atoms with Gasteiger partial charge in [0, 0.05) is 32.2 Å². The summed E-state index contributed by atoms with van der Waals surface area (Å²) < 4.78 is 36.4. The Morgan fingerprint density at radius 1 is 1.12 bits per heavy atom. The van der Waals surface area contributed by atoms with E-state index in [1.54, 1.807) is 18.7 Å². The molecule has 0 N–H and O–H groups in total. The number of halogens is 2. The summed E-state index contributed by atoms with van der Waals surface area (Å²) in [4.78, 5) is 27.1. The Morgan fingerprint density at radius 3 is 2.33 bits per heavy atom. The largest absolute Gasteiger partial charge is 0.481 e. The van der Waals surface area contributed by atoms with Crippen LogP contribution in [0.2, 0.25) is 0 Å². The molecule has 1 heterocycles. The summed E-state index contributed by atoms with van der Waals surface area (Å²) in [7, 11) is 0. The molecule has 0 saturated carbocycles. The Morgan fingerprint density at radius 2 is 1.75 bits per heavy atom. The van der Waals surface area contributed by atoms with Gasteiger partial charge in [-0.15, -0.1) is 0 Å². The van der Waals surface area contributed by atoms with E-state index in [-0.39, 0.29) is 11.7 Å². The summed E-state index contributed by atoms with van der Waals surface area (Å²) >= 11 is 0. The number of nitrogens with zero attached hydrogens (tertiary/aromatic N) is 2. The first-order valence-corrected chi connectivity index (χ1v) is 7.74. The normalized spacial score (nSPS) is 15.8. The zero-order valence-corrected chi connectivity index (χ0v) is 13.6. The molecule has 2 amide bonds. The molecule has 1 unspecified atom stereocenters. The van der Waals surface area contributed by atoms with Gasteiger partial charge in [-0.05, 0) is 26.0 Å². The lowest BCUT2D eigenvalue weighted by Crippen LogP contribution is -2.53. The van der Waals surface area contributed by atoms with Crippen LogP contribution in [0.25, 0.3) is 0 Å². The van der Waals surface area contributed by atoms with E-state index in [4.69, 9.17) is 9.47 Å². The van der Waals surface area contributed by atoms with Gasteiger partial charge in [-0.1, -0.05) is 0 Å². The molecule has 1 fully saturated rings. The molecule has 24 heavy (non-hydrogen) atoms. The van der Waals surface area contributed by atoms with Crippen LogP contribution in [-0.4, -0.2) is 60.7 Å². The number of amides is 2. The van der Waals surface area contributed by atoms with Gasteiger partial charge < -0.3 is 19.3 Å². The predicted octanol–water partition coefficient (Wildman–Crippen LogP) is 2.03. The van der Waals surface area contributed by atoms with Crippen molar-refractivity contribution in [3.05, 3.63) is 29.8 Å². The first-order valence-electron chi connectivity index (χ1n) is 7.74. The summed E-state index contributed by atoms with van der Waals surface area (Å²) in [6, 6.07) is 3.11. The van der Waals surface area contributed by atoms with Gasteiger partial charge >= 0.3 is 6.09 Å². The molecule has 0 aromatic heterocycles. The number of ether oxygens (including phenoxy) is 2. The molecule has 6 nitrogen and oxygen atoms in total. The van der Waals surface area contributed by atoms with E-state index < -0.39 is 23.8 Å². The number of rotatable bonds is 4. The SMILES string of the molecule is CCOC(=O)N1CCN(C(=O)C(C)Oc2ccc(F)c(F)c2)CC1. The molecule has 0 bridgehead atoms. The van der Waals surface area contributed by atoms with Crippen molar-refractivity contribution in [3.8, 4) is 5.75 Å². The van der Waals surface area contributed by atoms with Crippen LogP contribution in [0.4, 0.5) is 13.6 Å². The van der Waals surface area contributed by atoms with Crippen LogP contribution >= 0.6 is 0 Å². The van der Waals surface area contributed by atoms with E-state index >= 15 is 0 Å². The van der Waals surface area contributed by atoms with Crippen molar-refractivity contribution in [2.45, 2.75) is 20.0 Å². The van der Waals surface area contributed by atoms with Gasteiger partial charge in [0.15, 0.2) is 17.7 Å². The molecule has 2 rings (SSSR count). The average molecular weight is 342 g/mol. The maximum Gasteiger partial charge on any atom is 0.409 e. The zero-order chi connectivity index (χ0) is 17.7. The van der Waals surface area contributed by atoms with Crippen molar-refractivity contribution in [1.82, 2.24) is 9.80 Å². The van der Waals surface area contributed by atoms with Gasteiger partial charge in [0.25, 0.3) is 5.91 Å². The molecule has 132 valence electrons. The maximum atomic E-state index is 13.2. The third-order valence-corrected chi connectivity index (χ3v) is 3.67. The van der Waals surface area contributed by atoms with Crippen molar-refractivity contribution in [2.24, 2.45) is 0 Å². The fourth-order valence-electron chi connectivity index (χ4n) is 2.39. The molecular formula is C16H20F2N2O4. The Hall–Kier alpha value is -2.38. The second-order valence-corrected chi connectivity index (χ2v) is 5.35. The van der Waals surface area contributed by atoms with E-state index in [9.17, 15) is 18.4 Å². The molecule has 1 saturated heterocycles. The van der Waals surface area contributed by atoms with E-state index in [1.807, 2.05) is 0 Å². The van der Waals surface area contributed by atoms with E-state index in [2.05, 4.69) is 0 Å². The summed E-state index contributed by atoms with van der Waals surface area (Å²) in [5.41, 5.74) is 0. The summed E-state index contributed by atoms with van der Waals surface area (Å²) in [6.07, 6.45) is -1.24. The lowest BCUT2D eigenvalue weighted by Gasteiger charge is -2.35. The molecule has 0 spiro atoms. The van der Waals surface area contributed by atoms with Crippen molar-refractivity contribution in [2.75, 3.05) is 32.8 Å². The van der Waals surface area contributed by atoms with Gasteiger partial charge in [-0.3, -0.25) is 4.79 Å². The van der Waals surface area contributed by atoms with E-state index in [1.165, 1.54) is 11.0 Å². The maximum absolute atomic E-state index is 13.2. The van der Waals surface area contributed by atoms with E-state index in [0.717, 1.165) is 12.1 Å². The number of hydrogen-bond donors (Lipinski definition) is 0. The average Bonchev–Trinajstić information content (AvgIpc) is 2.58. The van der Waals surface area contributed by atoms with Crippen molar-refractivity contribution >= 4 is 12.0 Å². The fraction of sp³-hybridized carbons (Fsp3) is 0.500. The lowest BCUT2D eigenvalue weighted by molar-refractivity contribution is -0.139.